The smallest absolute Gasteiger partial charge is 0.270 e. The lowest BCUT2D eigenvalue weighted by molar-refractivity contribution is 0.0945. The summed E-state index contributed by atoms with van der Waals surface area (Å²) in [7, 11) is 0. The van der Waals surface area contributed by atoms with Crippen LogP contribution in [-0.4, -0.2) is 22.7 Å². The topological polar surface area (TPSA) is 85.4 Å². The van der Waals surface area contributed by atoms with Crippen molar-refractivity contribution in [3.63, 3.8) is 0 Å². The summed E-state index contributed by atoms with van der Waals surface area (Å²) < 4.78 is 10.7. The van der Waals surface area contributed by atoms with Gasteiger partial charge in [-0.05, 0) is 30.7 Å². The summed E-state index contributed by atoms with van der Waals surface area (Å²) in [6, 6.07) is 16.8. The van der Waals surface area contributed by atoms with E-state index < -0.39 is 0 Å². The van der Waals surface area contributed by atoms with E-state index in [4.69, 9.17) is 9.47 Å². The van der Waals surface area contributed by atoms with Gasteiger partial charge in [0, 0.05) is 24.0 Å². The maximum absolute atomic E-state index is 12.5. The van der Waals surface area contributed by atoms with Gasteiger partial charge in [-0.3, -0.25) is 4.79 Å². The van der Waals surface area contributed by atoms with Crippen LogP contribution in [0.25, 0.3) is 0 Å². The number of hydrogen-bond acceptors (Lipinski definition) is 6. The third kappa shape index (κ3) is 3.98. The molecule has 1 aromatic heterocycles. The van der Waals surface area contributed by atoms with Crippen molar-refractivity contribution >= 4 is 17.5 Å². The number of ether oxygens (including phenoxy) is 2. The Hall–Kier alpha value is -3.61. The molecule has 1 amide bonds. The summed E-state index contributed by atoms with van der Waals surface area (Å²) in [4.78, 5) is 21.1. The first-order valence-electron chi connectivity index (χ1n) is 8.52. The summed E-state index contributed by atoms with van der Waals surface area (Å²) in [5, 5.41) is 5.98. The fourth-order valence-corrected chi connectivity index (χ4v) is 2.71. The molecule has 27 heavy (non-hydrogen) atoms. The number of aromatic nitrogens is 2. The minimum Gasteiger partial charge on any atom is -0.454 e. The number of carbonyl (C=O) groups is 1. The summed E-state index contributed by atoms with van der Waals surface area (Å²) in [5.74, 6) is 1.46. The Labute approximate surface area is 156 Å². The van der Waals surface area contributed by atoms with Gasteiger partial charge in [0.05, 0.1) is 0 Å². The normalized spacial score (nSPS) is 11.9. The maximum atomic E-state index is 12.5. The molecular formula is C20H18N4O3. The molecule has 7 heteroatoms. The number of rotatable bonds is 5. The highest BCUT2D eigenvalue weighted by atomic mass is 16.7. The molecule has 0 unspecified atom stereocenters. The monoisotopic (exact) mass is 362 g/mol. The SMILES string of the molecule is Cc1cc(C(=O)NCc2ccccc2)nc(Nc2ccc3c(c2)OCO3)n1. The molecule has 0 bridgehead atoms. The van der Waals surface area contributed by atoms with Crippen LogP contribution in [0, 0.1) is 6.92 Å². The van der Waals surface area contributed by atoms with E-state index in [9.17, 15) is 4.79 Å². The Balaban J connectivity index is 1.48. The second-order valence-corrected chi connectivity index (χ2v) is 6.08. The van der Waals surface area contributed by atoms with Crippen molar-refractivity contribution in [2.45, 2.75) is 13.5 Å². The van der Waals surface area contributed by atoms with Crippen LogP contribution in [0.4, 0.5) is 11.6 Å². The van der Waals surface area contributed by atoms with Crippen LogP contribution in [0.3, 0.4) is 0 Å². The second-order valence-electron chi connectivity index (χ2n) is 6.08. The van der Waals surface area contributed by atoms with Gasteiger partial charge in [0.1, 0.15) is 5.69 Å². The van der Waals surface area contributed by atoms with Gasteiger partial charge in [-0.25, -0.2) is 9.97 Å². The average molecular weight is 362 g/mol. The molecule has 0 spiro atoms. The number of nitrogens with one attached hydrogen (secondary N) is 2. The molecule has 1 aliphatic heterocycles. The van der Waals surface area contributed by atoms with Gasteiger partial charge in [-0.2, -0.15) is 0 Å². The zero-order valence-corrected chi connectivity index (χ0v) is 14.7. The quantitative estimate of drug-likeness (QED) is 0.725. The summed E-state index contributed by atoms with van der Waals surface area (Å²) in [6.45, 7) is 2.47. The van der Waals surface area contributed by atoms with Crippen LogP contribution < -0.4 is 20.1 Å². The predicted molar refractivity (Wildman–Crippen MR) is 100 cm³/mol. The number of carbonyl (C=O) groups excluding carboxylic acids is 1. The first kappa shape index (κ1) is 16.8. The largest absolute Gasteiger partial charge is 0.454 e. The Morgan fingerprint density at radius 2 is 1.85 bits per heavy atom. The van der Waals surface area contributed by atoms with E-state index in [-0.39, 0.29) is 12.7 Å². The van der Waals surface area contributed by atoms with Crippen molar-refractivity contribution in [1.29, 1.82) is 0 Å². The molecule has 2 N–H and O–H groups in total. The van der Waals surface area contributed by atoms with E-state index in [0.717, 1.165) is 11.3 Å². The summed E-state index contributed by atoms with van der Waals surface area (Å²) in [5.41, 5.74) is 2.77. The average Bonchev–Trinajstić information content (AvgIpc) is 3.14. The predicted octanol–water partition coefficient (Wildman–Crippen LogP) is 3.19. The number of nitrogens with zero attached hydrogens (tertiary/aromatic N) is 2. The molecule has 0 atom stereocenters. The number of anilines is 2. The Bertz CT molecular complexity index is 976. The molecule has 0 aliphatic carbocycles. The van der Waals surface area contributed by atoms with Crippen LogP contribution in [0.1, 0.15) is 21.7 Å². The molecule has 0 saturated heterocycles. The van der Waals surface area contributed by atoms with E-state index in [1.54, 1.807) is 6.07 Å². The molecule has 1 aliphatic rings. The summed E-state index contributed by atoms with van der Waals surface area (Å²) >= 11 is 0. The number of hydrogen-bond donors (Lipinski definition) is 2. The zero-order valence-electron chi connectivity index (χ0n) is 14.7. The van der Waals surface area contributed by atoms with Crippen molar-refractivity contribution in [1.82, 2.24) is 15.3 Å². The maximum Gasteiger partial charge on any atom is 0.270 e. The lowest BCUT2D eigenvalue weighted by Gasteiger charge is -2.09. The Morgan fingerprint density at radius 1 is 1.04 bits per heavy atom. The van der Waals surface area contributed by atoms with Crippen LogP contribution in [-0.2, 0) is 6.54 Å². The third-order valence-electron chi connectivity index (χ3n) is 4.01. The minimum absolute atomic E-state index is 0.214. The molecule has 3 aromatic rings. The fourth-order valence-electron chi connectivity index (χ4n) is 2.71. The van der Waals surface area contributed by atoms with Gasteiger partial charge < -0.3 is 20.1 Å². The van der Waals surface area contributed by atoms with Gasteiger partial charge in [0.25, 0.3) is 5.91 Å². The van der Waals surface area contributed by atoms with Crippen molar-refractivity contribution in [3.05, 3.63) is 71.5 Å². The van der Waals surface area contributed by atoms with Crippen molar-refractivity contribution in [2.24, 2.45) is 0 Å². The lowest BCUT2D eigenvalue weighted by atomic mass is 10.2. The number of aryl methyl sites for hydroxylation is 1. The number of fused-ring (bicyclic) bond motifs is 1. The van der Waals surface area contributed by atoms with Gasteiger partial charge in [0.2, 0.25) is 12.7 Å². The zero-order chi connectivity index (χ0) is 18.6. The summed E-state index contributed by atoms with van der Waals surface area (Å²) in [6.07, 6.45) is 0. The number of benzene rings is 2. The molecule has 0 radical (unpaired) electrons. The molecular weight excluding hydrogens is 344 g/mol. The first-order valence-corrected chi connectivity index (χ1v) is 8.52. The van der Waals surface area contributed by atoms with Crippen LogP contribution in [0.15, 0.2) is 54.6 Å². The molecule has 136 valence electrons. The van der Waals surface area contributed by atoms with Gasteiger partial charge in [-0.1, -0.05) is 30.3 Å². The van der Waals surface area contributed by atoms with E-state index >= 15 is 0 Å². The molecule has 2 heterocycles. The van der Waals surface area contributed by atoms with Crippen molar-refractivity contribution in [3.8, 4) is 11.5 Å². The highest BCUT2D eigenvalue weighted by Gasteiger charge is 2.15. The van der Waals surface area contributed by atoms with Crippen LogP contribution in [0.5, 0.6) is 11.5 Å². The Morgan fingerprint density at radius 3 is 2.70 bits per heavy atom. The molecule has 0 fully saturated rings. The molecule has 4 rings (SSSR count). The lowest BCUT2D eigenvalue weighted by Crippen LogP contribution is -2.24. The van der Waals surface area contributed by atoms with E-state index in [1.807, 2.05) is 55.5 Å². The van der Waals surface area contributed by atoms with Gasteiger partial charge >= 0.3 is 0 Å². The highest BCUT2D eigenvalue weighted by molar-refractivity contribution is 5.92. The standard InChI is InChI=1S/C20H18N4O3/c1-13-9-16(19(25)21-11-14-5-3-2-4-6-14)24-20(22-13)23-15-7-8-17-18(10-15)27-12-26-17/h2-10H,11-12H2,1H3,(H,21,25)(H,22,23,24). The van der Waals surface area contributed by atoms with E-state index in [2.05, 4.69) is 20.6 Å². The third-order valence-corrected chi connectivity index (χ3v) is 4.01. The van der Waals surface area contributed by atoms with Crippen molar-refractivity contribution < 1.29 is 14.3 Å². The van der Waals surface area contributed by atoms with E-state index in [1.165, 1.54) is 0 Å². The van der Waals surface area contributed by atoms with E-state index in [0.29, 0.717) is 35.4 Å². The molecule has 0 saturated carbocycles. The second kappa shape index (κ2) is 7.33. The first-order chi connectivity index (χ1) is 13.2. The van der Waals surface area contributed by atoms with Gasteiger partial charge in [-0.15, -0.1) is 0 Å². The molecule has 7 nitrogen and oxygen atoms in total. The molecule has 2 aromatic carbocycles. The Kier molecular flexibility index (Phi) is 4.57. The number of amides is 1. The highest BCUT2D eigenvalue weighted by Crippen LogP contribution is 2.34. The van der Waals surface area contributed by atoms with Crippen LogP contribution in [0.2, 0.25) is 0 Å². The minimum atomic E-state index is -0.252. The van der Waals surface area contributed by atoms with Gasteiger partial charge in [0.15, 0.2) is 11.5 Å². The van der Waals surface area contributed by atoms with Crippen molar-refractivity contribution in [2.75, 3.05) is 12.1 Å². The van der Waals surface area contributed by atoms with Crippen LogP contribution >= 0.6 is 0 Å². The fraction of sp³-hybridized carbons (Fsp3) is 0.150.